The maximum absolute atomic E-state index is 13.6. The monoisotopic (exact) mass is 505 g/mol. The summed E-state index contributed by atoms with van der Waals surface area (Å²) in [4.78, 5) is 20.0. The number of allylic oxidation sites excluding steroid dienone is 1. The molecule has 0 bridgehead atoms. The summed E-state index contributed by atoms with van der Waals surface area (Å²) in [6.07, 6.45) is 0.770. The first-order valence-corrected chi connectivity index (χ1v) is 12.3. The maximum Gasteiger partial charge on any atom is 0.338 e. The van der Waals surface area contributed by atoms with Crippen molar-refractivity contribution in [2.75, 3.05) is 26.0 Å². The van der Waals surface area contributed by atoms with Crippen molar-refractivity contribution in [3.05, 3.63) is 81.3 Å². The molecule has 0 radical (unpaired) electrons. The molecule has 1 aromatic heterocycles. The summed E-state index contributed by atoms with van der Waals surface area (Å²) >= 11 is 1.24. The summed E-state index contributed by atoms with van der Waals surface area (Å²) in [5.41, 5.74) is 9.13. The van der Waals surface area contributed by atoms with Gasteiger partial charge in [-0.3, -0.25) is 0 Å². The minimum Gasteiger partial charge on any atom is -0.463 e. The summed E-state index contributed by atoms with van der Waals surface area (Å²) in [7, 11) is 2.02. The first-order valence-electron chi connectivity index (χ1n) is 11.3. The zero-order valence-electron chi connectivity index (χ0n) is 19.9. The Morgan fingerprint density at radius 2 is 2.08 bits per heavy atom. The van der Waals surface area contributed by atoms with E-state index in [4.69, 9.17) is 20.2 Å². The molecular weight excluding hydrogens is 481 g/mol. The molecule has 2 N–H and O–H groups in total. The van der Waals surface area contributed by atoms with Crippen molar-refractivity contribution in [2.24, 2.45) is 5.73 Å². The molecule has 2 aliphatic rings. The zero-order valence-corrected chi connectivity index (χ0v) is 20.7. The Bertz CT molecular complexity index is 1340. The number of likely N-dealkylation sites (N-methyl/N-ethyl adjacent to an activating group) is 1. The van der Waals surface area contributed by atoms with E-state index in [2.05, 4.69) is 11.0 Å². The van der Waals surface area contributed by atoms with Gasteiger partial charge in [-0.25, -0.2) is 14.2 Å². The van der Waals surface area contributed by atoms with E-state index in [1.807, 2.05) is 19.2 Å². The molecule has 184 valence electrons. The fraction of sp³-hybridized carbons (Fsp3) is 0.308. The number of hydrogen-bond acceptors (Lipinski definition) is 9. The molecule has 10 heteroatoms. The van der Waals surface area contributed by atoms with Crippen molar-refractivity contribution < 1.29 is 18.7 Å². The summed E-state index contributed by atoms with van der Waals surface area (Å²) in [5.74, 6) is -1.82. The summed E-state index contributed by atoms with van der Waals surface area (Å²) < 4.78 is 24.7. The van der Waals surface area contributed by atoms with Gasteiger partial charge < -0.3 is 20.1 Å². The third-order valence-corrected chi connectivity index (χ3v) is 6.97. The van der Waals surface area contributed by atoms with E-state index in [0.717, 1.165) is 30.8 Å². The molecule has 0 amide bonds. The van der Waals surface area contributed by atoms with Gasteiger partial charge in [0.25, 0.3) is 0 Å². The lowest BCUT2D eigenvalue weighted by molar-refractivity contribution is -0.139. The van der Waals surface area contributed by atoms with Crippen LogP contribution in [0.3, 0.4) is 0 Å². The van der Waals surface area contributed by atoms with Crippen LogP contribution in [0.5, 0.6) is 0 Å². The zero-order chi connectivity index (χ0) is 25.8. The molecule has 3 heterocycles. The minimum atomic E-state index is -0.888. The molecule has 1 aromatic carbocycles. The molecule has 0 saturated carbocycles. The molecule has 2 aliphatic heterocycles. The molecule has 2 aromatic rings. The van der Waals surface area contributed by atoms with Crippen LogP contribution in [-0.4, -0.2) is 41.8 Å². The first kappa shape index (κ1) is 25.2. The van der Waals surface area contributed by atoms with Gasteiger partial charge in [0.1, 0.15) is 34.3 Å². The second kappa shape index (κ2) is 10.8. The van der Waals surface area contributed by atoms with E-state index in [1.54, 1.807) is 6.92 Å². The predicted molar refractivity (Wildman–Crippen MR) is 130 cm³/mol. The van der Waals surface area contributed by atoms with Gasteiger partial charge in [0, 0.05) is 25.2 Å². The smallest absolute Gasteiger partial charge is 0.338 e. The lowest BCUT2D eigenvalue weighted by Crippen LogP contribution is -2.28. The summed E-state index contributed by atoms with van der Waals surface area (Å²) in [6, 6.07) is 11.6. The van der Waals surface area contributed by atoms with Crippen molar-refractivity contribution in [3.8, 4) is 12.1 Å². The van der Waals surface area contributed by atoms with Crippen LogP contribution in [0, 0.1) is 28.5 Å². The van der Waals surface area contributed by atoms with Crippen molar-refractivity contribution in [2.45, 2.75) is 30.8 Å². The molecule has 0 spiro atoms. The van der Waals surface area contributed by atoms with Crippen LogP contribution in [-0.2, 0) is 27.2 Å². The minimum absolute atomic E-state index is 0.0344. The third-order valence-electron chi connectivity index (χ3n) is 5.98. The molecule has 0 fully saturated rings. The summed E-state index contributed by atoms with van der Waals surface area (Å²) in [5, 5.41) is 20.0. The van der Waals surface area contributed by atoms with Gasteiger partial charge in [0.05, 0.1) is 29.4 Å². The predicted octanol–water partition coefficient (Wildman–Crippen LogP) is 3.50. The van der Waals surface area contributed by atoms with Gasteiger partial charge in [-0.1, -0.05) is 23.9 Å². The topological polar surface area (TPSA) is 125 Å². The van der Waals surface area contributed by atoms with Gasteiger partial charge in [-0.05, 0) is 43.3 Å². The number of benzene rings is 1. The Balaban J connectivity index is 1.74. The van der Waals surface area contributed by atoms with Crippen LogP contribution in [0.15, 0.2) is 58.1 Å². The molecule has 36 heavy (non-hydrogen) atoms. The lowest BCUT2D eigenvalue weighted by Gasteiger charge is -2.28. The maximum atomic E-state index is 13.6. The SMILES string of the molecule is CCOC(=O)C1=C(CSc2nc3c(cc2C#N)CN(C)CC3)OC(N)=C(C#N)C1c1ccc(F)cc1. The number of hydrogen-bond donors (Lipinski definition) is 1. The molecule has 0 aliphatic carbocycles. The highest BCUT2D eigenvalue weighted by Crippen LogP contribution is 2.41. The summed E-state index contributed by atoms with van der Waals surface area (Å²) in [6.45, 7) is 3.38. The van der Waals surface area contributed by atoms with Gasteiger partial charge >= 0.3 is 5.97 Å². The van der Waals surface area contributed by atoms with Crippen molar-refractivity contribution in [3.63, 3.8) is 0 Å². The van der Waals surface area contributed by atoms with Crippen LogP contribution in [0.2, 0.25) is 0 Å². The lowest BCUT2D eigenvalue weighted by atomic mass is 9.83. The number of rotatable bonds is 6. The standard InChI is InChI=1S/C26H24FN5O3S/c1-3-34-26(33)23-21(35-24(30)19(12-29)22(23)15-4-6-18(27)7-5-15)14-36-25-16(11-28)10-17-13-32(2)9-8-20(17)31-25/h4-7,10,22H,3,8-9,13-14,30H2,1-2H3. The average molecular weight is 506 g/mol. The molecular formula is C26H24FN5O3S. The van der Waals surface area contributed by atoms with E-state index in [-0.39, 0.29) is 35.1 Å². The van der Waals surface area contributed by atoms with Crippen LogP contribution in [0.25, 0.3) is 0 Å². The Labute approximate surface area is 212 Å². The Kier molecular flexibility index (Phi) is 7.58. The molecule has 1 atom stereocenters. The number of thioether (sulfide) groups is 1. The highest BCUT2D eigenvalue weighted by atomic mass is 32.2. The van der Waals surface area contributed by atoms with Gasteiger partial charge in [-0.15, -0.1) is 0 Å². The quantitative estimate of drug-likeness (QED) is 0.464. The molecule has 1 unspecified atom stereocenters. The Morgan fingerprint density at radius 3 is 2.75 bits per heavy atom. The van der Waals surface area contributed by atoms with Gasteiger partial charge in [0.15, 0.2) is 0 Å². The van der Waals surface area contributed by atoms with E-state index in [0.29, 0.717) is 16.2 Å². The second-order valence-corrected chi connectivity index (χ2v) is 9.33. The number of nitriles is 2. The van der Waals surface area contributed by atoms with Gasteiger partial charge in [0.2, 0.25) is 5.88 Å². The average Bonchev–Trinajstić information content (AvgIpc) is 2.87. The molecule has 0 saturated heterocycles. The van der Waals surface area contributed by atoms with Crippen molar-refractivity contribution >= 4 is 17.7 Å². The Morgan fingerprint density at radius 1 is 1.33 bits per heavy atom. The van der Waals surface area contributed by atoms with E-state index in [1.165, 1.54) is 36.0 Å². The number of ether oxygens (including phenoxy) is 2. The Hall–Kier alpha value is -3.86. The number of aromatic nitrogens is 1. The number of nitrogens with zero attached hydrogens (tertiary/aromatic N) is 4. The van der Waals surface area contributed by atoms with E-state index < -0.39 is 17.7 Å². The molecule has 8 nitrogen and oxygen atoms in total. The van der Waals surface area contributed by atoms with E-state index in [9.17, 15) is 19.7 Å². The number of esters is 1. The van der Waals surface area contributed by atoms with Crippen LogP contribution in [0.1, 0.15) is 35.2 Å². The number of nitrogens with two attached hydrogens (primary N) is 1. The number of pyridine rings is 1. The molecule has 4 rings (SSSR count). The fourth-order valence-corrected chi connectivity index (χ4v) is 5.18. The highest BCUT2D eigenvalue weighted by Gasteiger charge is 2.37. The highest BCUT2D eigenvalue weighted by molar-refractivity contribution is 7.99. The number of carbonyl (C=O) groups excluding carboxylic acids is 1. The number of fused-ring (bicyclic) bond motifs is 1. The number of carbonyl (C=O) groups is 1. The van der Waals surface area contributed by atoms with Crippen molar-refractivity contribution in [1.29, 1.82) is 10.5 Å². The van der Waals surface area contributed by atoms with E-state index >= 15 is 0 Å². The largest absolute Gasteiger partial charge is 0.463 e. The second-order valence-electron chi connectivity index (χ2n) is 8.37. The van der Waals surface area contributed by atoms with Gasteiger partial charge in [-0.2, -0.15) is 10.5 Å². The fourth-order valence-electron chi connectivity index (χ4n) is 4.26. The van der Waals surface area contributed by atoms with Crippen LogP contribution in [0.4, 0.5) is 4.39 Å². The first-order chi connectivity index (χ1) is 17.4. The third kappa shape index (κ3) is 5.06. The number of halogens is 1. The van der Waals surface area contributed by atoms with Crippen LogP contribution < -0.4 is 5.73 Å². The normalized spacial score (nSPS) is 17.6. The van der Waals surface area contributed by atoms with Crippen LogP contribution >= 0.6 is 11.8 Å². The van der Waals surface area contributed by atoms with Crippen molar-refractivity contribution in [1.82, 2.24) is 9.88 Å².